The molecular formula is C22H28N2O3. The summed E-state index contributed by atoms with van der Waals surface area (Å²) < 4.78 is 5.80. The Bertz CT molecular complexity index is 831. The highest BCUT2D eigenvalue weighted by atomic mass is 16.5. The summed E-state index contributed by atoms with van der Waals surface area (Å²) in [5, 5.41) is 9.19. The minimum absolute atomic E-state index is 0.0689. The van der Waals surface area contributed by atoms with Crippen LogP contribution in [0.4, 0.5) is 0 Å². The van der Waals surface area contributed by atoms with Crippen molar-refractivity contribution in [2.75, 3.05) is 6.54 Å². The predicted octanol–water partition coefficient (Wildman–Crippen LogP) is 4.14. The number of aryl methyl sites for hydroxylation is 2. The molecule has 0 spiro atoms. The van der Waals surface area contributed by atoms with Crippen LogP contribution in [0.2, 0.25) is 0 Å². The lowest BCUT2D eigenvalue weighted by Gasteiger charge is -2.31. The highest BCUT2D eigenvalue weighted by Crippen LogP contribution is 2.42. The summed E-state index contributed by atoms with van der Waals surface area (Å²) in [4.78, 5) is 27.3. The fraction of sp³-hybridized carbons (Fsp3) is 0.500. The van der Waals surface area contributed by atoms with Crippen LogP contribution in [0.3, 0.4) is 0 Å². The quantitative estimate of drug-likeness (QED) is 0.591. The van der Waals surface area contributed by atoms with E-state index in [0.717, 1.165) is 16.7 Å². The molecule has 0 saturated carbocycles. The molecule has 144 valence electrons. The number of ether oxygens (including phenoxy) is 1. The van der Waals surface area contributed by atoms with Gasteiger partial charge in [-0.05, 0) is 49.8 Å². The van der Waals surface area contributed by atoms with Gasteiger partial charge in [0.2, 0.25) is 0 Å². The smallest absolute Gasteiger partial charge is 0.311 e. The molecule has 0 aliphatic carbocycles. The van der Waals surface area contributed by atoms with E-state index in [1.54, 1.807) is 0 Å². The Balaban J connectivity index is 2.64. The van der Waals surface area contributed by atoms with Crippen LogP contribution in [0.25, 0.3) is 5.57 Å². The average Bonchev–Trinajstić information content (AvgIpc) is 2.68. The zero-order chi connectivity index (χ0) is 20.6. The van der Waals surface area contributed by atoms with Gasteiger partial charge in [0.1, 0.15) is 12.3 Å². The summed E-state index contributed by atoms with van der Waals surface area (Å²) in [6, 6.07) is 7.83. The number of rotatable bonds is 4. The molecule has 0 radical (unpaired) electrons. The van der Waals surface area contributed by atoms with Crippen LogP contribution < -0.4 is 0 Å². The minimum Gasteiger partial charge on any atom is -0.428 e. The third-order valence-corrected chi connectivity index (χ3v) is 4.77. The summed E-state index contributed by atoms with van der Waals surface area (Å²) in [6.07, 6.45) is 0.235. The Labute approximate surface area is 161 Å². The van der Waals surface area contributed by atoms with Crippen molar-refractivity contribution >= 4 is 17.4 Å². The van der Waals surface area contributed by atoms with Crippen molar-refractivity contribution in [1.29, 1.82) is 5.26 Å². The molecule has 0 aromatic heterocycles. The lowest BCUT2D eigenvalue weighted by Crippen LogP contribution is -2.44. The predicted molar refractivity (Wildman–Crippen MR) is 104 cm³/mol. The van der Waals surface area contributed by atoms with E-state index in [-0.39, 0.29) is 30.3 Å². The summed E-state index contributed by atoms with van der Waals surface area (Å²) in [5.74, 6) is -0.326. The lowest BCUT2D eigenvalue weighted by atomic mass is 9.91. The van der Waals surface area contributed by atoms with Gasteiger partial charge in [-0.1, -0.05) is 39.0 Å². The van der Waals surface area contributed by atoms with E-state index in [4.69, 9.17) is 4.74 Å². The number of nitrogens with zero attached hydrogens (tertiary/aromatic N) is 2. The first kappa shape index (κ1) is 20.7. The van der Waals surface area contributed by atoms with Gasteiger partial charge in [0.05, 0.1) is 23.6 Å². The van der Waals surface area contributed by atoms with Gasteiger partial charge in [0, 0.05) is 0 Å². The van der Waals surface area contributed by atoms with Gasteiger partial charge < -0.3 is 9.64 Å². The van der Waals surface area contributed by atoms with Crippen LogP contribution >= 0.6 is 0 Å². The van der Waals surface area contributed by atoms with Gasteiger partial charge in [-0.3, -0.25) is 9.59 Å². The molecule has 5 heteroatoms. The summed E-state index contributed by atoms with van der Waals surface area (Å²) in [7, 11) is 0. The second-order valence-corrected chi connectivity index (χ2v) is 8.79. The standard InChI is InChI=1S/C22H28N2O3/c1-14-9-8-10-15(2)17(14)18-19(27-16(25)13-21(3,4)5)22(6,7)24(12-11-23)20(18)26/h8-10H,12-13H2,1-7H3. The highest BCUT2D eigenvalue weighted by molar-refractivity contribution is 6.24. The molecule has 0 atom stereocenters. The Morgan fingerprint density at radius 2 is 1.78 bits per heavy atom. The maximum Gasteiger partial charge on any atom is 0.311 e. The van der Waals surface area contributed by atoms with Crippen molar-refractivity contribution in [1.82, 2.24) is 4.90 Å². The van der Waals surface area contributed by atoms with Crippen LogP contribution in [-0.4, -0.2) is 28.9 Å². The van der Waals surface area contributed by atoms with Crippen LogP contribution in [0.1, 0.15) is 57.7 Å². The fourth-order valence-electron chi connectivity index (χ4n) is 3.44. The SMILES string of the molecule is Cc1cccc(C)c1C1=C(OC(=O)CC(C)(C)C)C(C)(C)N(CC#N)C1=O. The first-order valence-electron chi connectivity index (χ1n) is 9.11. The van der Waals surface area contributed by atoms with Gasteiger partial charge in [-0.15, -0.1) is 0 Å². The number of hydrogen-bond acceptors (Lipinski definition) is 4. The number of hydrogen-bond donors (Lipinski definition) is 0. The van der Waals surface area contributed by atoms with E-state index in [2.05, 4.69) is 0 Å². The lowest BCUT2D eigenvalue weighted by molar-refractivity contribution is -0.143. The van der Waals surface area contributed by atoms with Crippen molar-refractivity contribution in [3.05, 3.63) is 40.6 Å². The summed E-state index contributed by atoms with van der Waals surface area (Å²) in [5.41, 5.74) is 1.90. The van der Waals surface area contributed by atoms with Gasteiger partial charge in [0.25, 0.3) is 5.91 Å². The van der Waals surface area contributed by atoms with Crippen LogP contribution in [0.5, 0.6) is 0 Å². The topological polar surface area (TPSA) is 70.4 Å². The van der Waals surface area contributed by atoms with Gasteiger partial charge in [-0.2, -0.15) is 5.26 Å². The third-order valence-electron chi connectivity index (χ3n) is 4.77. The number of benzene rings is 1. The molecule has 0 bridgehead atoms. The molecule has 0 saturated heterocycles. The molecule has 1 aromatic rings. The fourth-order valence-corrected chi connectivity index (χ4v) is 3.44. The maximum absolute atomic E-state index is 13.2. The molecule has 1 heterocycles. The van der Waals surface area contributed by atoms with Crippen LogP contribution in [0.15, 0.2) is 24.0 Å². The summed E-state index contributed by atoms with van der Waals surface area (Å²) >= 11 is 0. The Morgan fingerprint density at radius 1 is 1.22 bits per heavy atom. The van der Waals surface area contributed by atoms with Gasteiger partial charge in [0.15, 0.2) is 0 Å². The monoisotopic (exact) mass is 368 g/mol. The second kappa shape index (κ2) is 7.19. The van der Waals surface area contributed by atoms with E-state index < -0.39 is 5.54 Å². The molecular weight excluding hydrogens is 340 g/mol. The highest BCUT2D eigenvalue weighted by Gasteiger charge is 2.48. The third kappa shape index (κ3) is 4.05. The molecule has 1 aliphatic heterocycles. The normalized spacial score (nSPS) is 16.5. The number of carbonyl (C=O) groups excluding carboxylic acids is 2. The zero-order valence-electron chi connectivity index (χ0n) is 17.3. The second-order valence-electron chi connectivity index (χ2n) is 8.79. The largest absolute Gasteiger partial charge is 0.428 e. The molecule has 1 aliphatic rings. The van der Waals surface area contributed by atoms with Crippen molar-refractivity contribution in [3.63, 3.8) is 0 Å². The van der Waals surface area contributed by atoms with Crippen molar-refractivity contribution in [2.24, 2.45) is 5.41 Å². The van der Waals surface area contributed by atoms with Crippen molar-refractivity contribution < 1.29 is 14.3 Å². The molecule has 5 nitrogen and oxygen atoms in total. The van der Waals surface area contributed by atoms with Crippen LogP contribution in [-0.2, 0) is 14.3 Å². The number of carbonyl (C=O) groups is 2. The molecule has 2 rings (SSSR count). The molecule has 0 unspecified atom stereocenters. The maximum atomic E-state index is 13.2. The van der Waals surface area contributed by atoms with E-state index in [0.29, 0.717) is 11.3 Å². The van der Waals surface area contributed by atoms with Crippen LogP contribution in [0, 0.1) is 30.6 Å². The van der Waals surface area contributed by atoms with Gasteiger partial charge >= 0.3 is 5.97 Å². The number of nitriles is 1. The minimum atomic E-state index is -0.885. The molecule has 1 amide bonds. The molecule has 0 fully saturated rings. The Kier molecular flexibility index (Phi) is 5.51. The number of amides is 1. The van der Waals surface area contributed by atoms with Crippen molar-refractivity contribution in [3.8, 4) is 6.07 Å². The van der Waals surface area contributed by atoms with E-state index in [1.807, 2.05) is 72.7 Å². The first-order chi connectivity index (χ1) is 12.4. The Morgan fingerprint density at radius 3 is 2.26 bits per heavy atom. The summed E-state index contributed by atoms with van der Waals surface area (Å²) in [6.45, 7) is 13.3. The molecule has 0 N–H and O–H groups in total. The Hall–Kier alpha value is -2.61. The zero-order valence-corrected chi connectivity index (χ0v) is 17.3. The molecule has 27 heavy (non-hydrogen) atoms. The average molecular weight is 368 g/mol. The van der Waals surface area contributed by atoms with E-state index >= 15 is 0 Å². The van der Waals surface area contributed by atoms with E-state index in [1.165, 1.54) is 4.90 Å². The first-order valence-corrected chi connectivity index (χ1v) is 9.11. The number of esters is 1. The van der Waals surface area contributed by atoms with E-state index in [9.17, 15) is 14.9 Å². The van der Waals surface area contributed by atoms with Crippen molar-refractivity contribution in [2.45, 2.75) is 60.4 Å². The van der Waals surface area contributed by atoms with Gasteiger partial charge in [-0.25, -0.2) is 0 Å². The molecule has 1 aromatic carbocycles.